The molecule has 2 heterocycles. The third-order valence-corrected chi connectivity index (χ3v) is 3.14. The fourth-order valence-corrected chi connectivity index (χ4v) is 2.11. The molecular weight excluding hydrogens is 230 g/mol. The van der Waals surface area contributed by atoms with Gasteiger partial charge >= 0.3 is 5.97 Å². The average Bonchev–Trinajstić information content (AvgIpc) is 2.67. The van der Waals surface area contributed by atoms with E-state index in [0.717, 1.165) is 50.5 Å². The molecule has 1 aromatic rings. The molecule has 1 aliphatic heterocycles. The van der Waals surface area contributed by atoms with E-state index in [9.17, 15) is 4.79 Å². The van der Waals surface area contributed by atoms with Gasteiger partial charge in [0.05, 0.1) is 5.56 Å². The van der Waals surface area contributed by atoms with Gasteiger partial charge in [-0.15, -0.1) is 0 Å². The normalized spacial score (nSPS) is 16.4. The predicted octanol–water partition coefficient (Wildman–Crippen LogP) is 1.14. The number of carboxylic acid groups (broad SMARTS) is 1. The van der Waals surface area contributed by atoms with Crippen molar-refractivity contribution < 1.29 is 9.90 Å². The van der Waals surface area contributed by atoms with Crippen LogP contribution in [-0.4, -0.2) is 42.2 Å². The molecular formula is C13H19N3O2. The van der Waals surface area contributed by atoms with Crippen LogP contribution in [0.1, 0.15) is 29.4 Å². The lowest BCUT2D eigenvalue weighted by molar-refractivity contribution is 0.0696. The Morgan fingerprint density at radius 2 is 2.28 bits per heavy atom. The van der Waals surface area contributed by atoms with E-state index in [-0.39, 0.29) is 0 Å². The molecule has 0 atom stereocenters. The molecule has 2 rings (SSSR count). The van der Waals surface area contributed by atoms with Crippen molar-refractivity contribution in [3.05, 3.63) is 23.4 Å². The molecule has 0 aliphatic carbocycles. The number of nitrogens with one attached hydrogen (secondary N) is 1. The zero-order valence-electron chi connectivity index (χ0n) is 10.6. The quantitative estimate of drug-likeness (QED) is 0.841. The van der Waals surface area contributed by atoms with Crippen LogP contribution in [0.4, 0.5) is 5.82 Å². The van der Waals surface area contributed by atoms with Crippen molar-refractivity contribution in [2.24, 2.45) is 0 Å². The number of hydrogen-bond donors (Lipinski definition) is 2. The summed E-state index contributed by atoms with van der Waals surface area (Å²) >= 11 is 0. The summed E-state index contributed by atoms with van der Waals surface area (Å²) < 4.78 is 0. The lowest BCUT2D eigenvalue weighted by Crippen LogP contribution is -2.29. The number of hydrogen-bond acceptors (Lipinski definition) is 4. The summed E-state index contributed by atoms with van der Waals surface area (Å²) in [4.78, 5) is 17.8. The minimum atomic E-state index is -0.888. The number of carboxylic acids is 1. The molecule has 0 bridgehead atoms. The molecule has 0 spiro atoms. The Hall–Kier alpha value is -1.62. The Morgan fingerprint density at radius 1 is 1.44 bits per heavy atom. The van der Waals surface area contributed by atoms with Crippen molar-refractivity contribution >= 4 is 11.8 Å². The molecule has 0 unspecified atom stereocenters. The van der Waals surface area contributed by atoms with E-state index in [2.05, 4.69) is 15.2 Å². The maximum Gasteiger partial charge on any atom is 0.335 e. The molecule has 5 nitrogen and oxygen atoms in total. The van der Waals surface area contributed by atoms with E-state index in [0.29, 0.717) is 5.56 Å². The minimum Gasteiger partial charge on any atom is -0.478 e. The number of nitrogens with zero attached hydrogens (tertiary/aromatic N) is 2. The van der Waals surface area contributed by atoms with Crippen molar-refractivity contribution in [2.75, 3.05) is 31.1 Å². The minimum absolute atomic E-state index is 0.328. The molecule has 1 saturated heterocycles. The molecule has 1 fully saturated rings. The first-order valence-electron chi connectivity index (χ1n) is 6.40. The Kier molecular flexibility index (Phi) is 4.15. The van der Waals surface area contributed by atoms with Crippen molar-refractivity contribution in [1.82, 2.24) is 10.3 Å². The largest absolute Gasteiger partial charge is 0.478 e. The fraction of sp³-hybridized carbons (Fsp3) is 0.538. The average molecular weight is 249 g/mol. The van der Waals surface area contributed by atoms with Gasteiger partial charge in [0.2, 0.25) is 0 Å². The Labute approximate surface area is 107 Å². The Balaban J connectivity index is 2.29. The Bertz CT molecular complexity index is 426. The SMILES string of the molecule is CCc1cc(C(=O)O)cc(N2CCCNCC2)n1. The molecule has 18 heavy (non-hydrogen) atoms. The van der Waals surface area contributed by atoms with Gasteiger partial charge in [-0.1, -0.05) is 6.92 Å². The van der Waals surface area contributed by atoms with Crippen LogP contribution in [0.2, 0.25) is 0 Å². The third kappa shape index (κ3) is 2.98. The summed E-state index contributed by atoms with van der Waals surface area (Å²) in [6.45, 7) is 5.71. The van der Waals surface area contributed by atoms with Crippen LogP contribution in [0, 0.1) is 0 Å². The summed E-state index contributed by atoms with van der Waals surface area (Å²) in [7, 11) is 0. The van der Waals surface area contributed by atoms with E-state index in [1.807, 2.05) is 6.92 Å². The molecule has 1 aromatic heterocycles. The van der Waals surface area contributed by atoms with Crippen LogP contribution in [0.5, 0.6) is 0 Å². The number of carbonyl (C=O) groups is 1. The van der Waals surface area contributed by atoms with Crippen LogP contribution in [0.3, 0.4) is 0 Å². The zero-order chi connectivity index (χ0) is 13.0. The molecule has 98 valence electrons. The maximum absolute atomic E-state index is 11.1. The van der Waals surface area contributed by atoms with E-state index < -0.39 is 5.97 Å². The second kappa shape index (κ2) is 5.82. The van der Waals surface area contributed by atoms with Gasteiger partial charge < -0.3 is 15.3 Å². The fourth-order valence-electron chi connectivity index (χ4n) is 2.11. The molecule has 2 N–H and O–H groups in total. The van der Waals surface area contributed by atoms with Crippen LogP contribution in [-0.2, 0) is 6.42 Å². The first-order valence-corrected chi connectivity index (χ1v) is 6.40. The lowest BCUT2D eigenvalue weighted by atomic mass is 10.2. The predicted molar refractivity (Wildman–Crippen MR) is 70.3 cm³/mol. The summed E-state index contributed by atoms with van der Waals surface area (Å²) in [6.07, 6.45) is 1.81. The number of aromatic carboxylic acids is 1. The van der Waals surface area contributed by atoms with E-state index in [4.69, 9.17) is 5.11 Å². The van der Waals surface area contributed by atoms with Gasteiger partial charge in [-0.3, -0.25) is 0 Å². The van der Waals surface area contributed by atoms with Gasteiger partial charge in [0.25, 0.3) is 0 Å². The second-order valence-corrected chi connectivity index (χ2v) is 4.45. The van der Waals surface area contributed by atoms with Crippen molar-refractivity contribution in [3.63, 3.8) is 0 Å². The van der Waals surface area contributed by atoms with E-state index >= 15 is 0 Å². The van der Waals surface area contributed by atoms with Gasteiger partial charge in [-0.05, 0) is 31.5 Å². The van der Waals surface area contributed by atoms with Gasteiger partial charge in [0, 0.05) is 25.3 Å². The van der Waals surface area contributed by atoms with E-state index in [1.54, 1.807) is 12.1 Å². The summed E-state index contributed by atoms with van der Waals surface area (Å²) in [5, 5.41) is 12.5. The highest BCUT2D eigenvalue weighted by atomic mass is 16.4. The Morgan fingerprint density at radius 3 is 3.00 bits per heavy atom. The van der Waals surface area contributed by atoms with Gasteiger partial charge in [0.1, 0.15) is 5.82 Å². The van der Waals surface area contributed by atoms with E-state index in [1.165, 1.54) is 0 Å². The third-order valence-electron chi connectivity index (χ3n) is 3.14. The number of rotatable bonds is 3. The van der Waals surface area contributed by atoms with Crippen molar-refractivity contribution in [3.8, 4) is 0 Å². The number of aryl methyl sites for hydroxylation is 1. The lowest BCUT2D eigenvalue weighted by Gasteiger charge is -2.22. The van der Waals surface area contributed by atoms with Gasteiger partial charge in [0.15, 0.2) is 0 Å². The van der Waals surface area contributed by atoms with Gasteiger partial charge in [-0.2, -0.15) is 0 Å². The number of pyridine rings is 1. The number of aromatic nitrogens is 1. The highest BCUT2D eigenvalue weighted by Crippen LogP contribution is 2.16. The molecule has 0 aromatic carbocycles. The summed E-state index contributed by atoms with van der Waals surface area (Å²) in [5.74, 6) is -0.100. The first-order chi connectivity index (χ1) is 8.70. The summed E-state index contributed by atoms with van der Waals surface area (Å²) in [5.41, 5.74) is 1.16. The standard InChI is InChI=1S/C13H19N3O2/c1-2-11-8-10(13(17)18)9-12(15-11)16-6-3-4-14-5-7-16/h8-9,14H,2-7H2,1H3,(H,17,18). The zero-order valence-corrected chi connectivity index (χ0v) is 10.6. The second-order valence-electron chi connectivity index (χ2n) is 4.45. The maximum atomic E-state index is 11.1. The highest BCUT2D eigenvalue weighted by molar-refractivity contribution is 5.88. The topological polar surface area (TPSA) is 65.5 Å². The molecule has 0 radical (unpaired) electrons. The van der Waals surface area contributed by atoms with Crippen LogP contribution < -0.4 is 10.2 Å². The molecule has 0 amide bonds. The van der Waals surface area contributed by atoms with Gasteiger partial charge in [-0.25, -0.2) is 9.78 Å². The van der Waals surface area contributed by atoms with Crippen molar-refractivity contribution in [1.29, 1.82) is 0 Å². The van der Waals surface area contributed by atoms with Crippen molar-refractivity contribution in [2.45, 2.75) is 19.8 Å². The van der Waals surface area contributed by atoms with Crippen LogP contribution >= 0.6 is 0 Å². The van der Waals surface area contributed by atoms with Crippen LogP contribution in [0.15, 0.2) is 12.1 Å². The smallest absolute Gasteiger partial charge is 0.335 e. The van der Waals surface area contributed by atoms with Crippen LogP contribution in [0.25, 0.3) is 0 Å². The summed E-state index contributed by atoms with van der Waals surface area (Å²) in [6, 6.07) is 3.33. The first kappa shape index (κ1) is 12.8. The molecule has 5 heteroatoms. The highest BCUT2D eigenvalue weighted by Gasteiger charge is 2.14. The molecule has 1 aliphatic rings. The monoisotopic (exact) mass is 249 g/mol. The number of anilines is 1. The molecule has 0 saturated carbocycles.